The highest BCUT2D eigenvalue weighted by Gasteiger charge is 2.32. The van der Waals surface area contributed by atoms with Gasteiger partial charge in [-0.15, -0.1) is 0 Å². The first kappa shape index (κ1) is 16.4. The fraction of sp³-hybridized carbons (Fsp3) is 0.933. The molecule has 0 radical (unpaired) electrons. The standard InChI is InChI=1S/C15H30N2O2/c1-4-16-15(2,14(18)19)10-11-17(3)12-13-8-6-5-7-9-13/h13,16H,4-12H2,1-3H3,(H,18,19). The number of nitrogens with one attached hydrogen (secondary N) is 1. The number of likely N-dealkylation sites (N-methyl/N-ethyl adjacent to an activating group) is 1. The Morgan fingerprint density at radius 2 is 2.00 bits per heavy atom. The molecule has 1 saturated carbocycles. The summed E-state index contributed by atoms with van der Waals surface area (Å²) in [6, 6.07) is 0. The van der Waals surface area contributed by atoms with Crippen molar-refractivity contribution in [3.63, 3.8) is 0 Å². The second-order valence-corrected chi connectivity index (χ2v) is 6.18. The van der Waals surface area contributed by atoms with Crippen molar-refractivity contribution in [2.24, 2.45) is 5.92 Å². The summed E-state index contributed by atoms with van der Waals surface area (Å²) in [6.07, 6.45) is 7.45. The number of hydrogen-bond donors (Lipinski definition) is 2. The molecule has 1 unspecified atom stereocenters. The quantitative estimate of drug-likeness (QED) is 0.711. The van der Waals surface area contributed by atoms with Crippen LogP contribution in [0.1, 0.15) is 52.4 Å². The Bertz CT molecular complexity index is 277. The molecule has 0 heterocycles. The maximum atomic E-state index is 11.3. The van der Waals surface area contributed by atoms with E-state index < -0.39 is 11.5 Å². The molecule has 1 fully saturated rings. The van der Waals surface area contributed by atoms with Crippen molar-refractivity contribution in [2.75, 3.05) is 26.7 Å². The van der Waals surface area contributed by atoms with E-state index in [-0.39, 0.29) is 0 Å². The van der Waals surface area contributed by atoms with E-state index in [1.54, 1.807) is 6.92 Å². The van der Waals surface area contributed by atoms with Gasteiger partial charge in [-0.05, 0) is 45.7 Å². The summed E-state index contributed by atoms with van der Waals surface area (Å²) < 4.78 is 0. The summed E-state index contributed by atoms with van der Waals surface area (Å²) >= 11 is 0. The van der Waals surface area contributed by atoms with Crippen LogP contribution in [0.15, 0.2) is 0 Å². The minimum atomic E-state index is -0.796. The second-order valence-electron chi connectivity index (χ2n) is 6.18. The van der Waals surface area contributed by atoms with Crippen molar-refractivity contribution in [3.8, 4) is 0 Å². The van der Waals surface area contributed by atoms with Crippen LogP contribution in [0.25, 0.3) is 0 Å². The summed E-state index contributed by atoms with van der Waals surface area (Å²) in [5, 5.41) is 12.4. The third-order valence-corrected chi connectivity index (χ3v) is 4.33. The van der Waals surface area contributed by atoms with Crippen molar-refractivity contribution in [1.29, 1.82) is 0 Å². The molecule has 0 aromatic heterocycles. The van der Waals surface area contributed by atoms with Crippen LogP contribution in [0.2, 0.25) is 0 Å². The zero-order chi connectivity index (χ0) is 14.3. The number of rotatable bonds is 8. The first-order chi connectivity index (χ1) is 8.98. The van der Waals surface area contributed by atoms with Gasteiger partial charge in [0.1, 0.15) is 5.54 Å². The van der Waals surface area contributed by atoms with Gasteiger partial charge in [-0.25, -0.2) is 0 Å². The molecule has 2 N–H and O–H groups in total. The van der Waals surface area contributed by atoms with Gasteiger partial charge in [-0.3, -0.25) is 4.79 Å². The number of aliphatic carboxylic acids is 1. The van der Waals surface area contributed by atoms with Gasteiger partial charge < -0.3 is 15.3 Å². The van der Waals surface area contributed by atoms with E-state index in [9.17, 15) is 9.90 Å². The first-order valence-electron chi connectivity index (χ1n) is 7.65. The van der Waals surface area contributed by atoms with Gasteiger partial charge in [0.25, 0.3) is 0 Å². The maximum absolute atomic E-state index is 11.3. The molecule has 1 aliphatic carbocycles. The van der Waals surface area contributed by atoms with Crippen molar-refractivity contribution in [2.45, 2.75) is 57.9 Å². The van der Waals surface area contributed by atoms with Crippen LogP contribution < -0.4 is 5.32 Å². The highest BCUT2D eigenvalue weighted by molar-refractivity contribution is 5.78. The highest BCUT2D eigenvalue weighted by atomic mass is 16.4. The molecule has 4 heteroatoms. The zero-order valence-electron chi connectivity index (χ0n) is 12.7. The average molecular weight is 270 g/mol. The van der Waals surface area contributed by atoms with E-state index in [2.05, 4.69) is 17.3 Å². The molecule has 0 bridgehead atoms. The molecule has 0 saturated heterocycles. The summed E-state index contributed by atoms with van der Waals surface area (Å²) in [6.45, 7) is 6.38. The predicted octanol–water partition coefficient (Wildman–Crippen LogP) is 2.34. The monoisotopic (exact) mass is 270 g/mol. The lowest BCUT2D eigenvalue weighted by Gasteiger charge is -2.31. The van der Waals surface area contributed by atoms with Gasteiger partial charge in [0.05, 0.1) is 0 Å². The molecular weight excluding hydrogens is 240 g/mol. The summed E-state index contributed by atoms with van der Waals surface area (Å²) in [7, 11) is 2.11. The smallest absolute Gasteiger partial charge is 0.323 e. The van der Waals surface area contributed by atoms with E-state index in [0.717, 1.165) is 19.0 Å². The Morgan fingerprint density at radius 3 is 2.53 bits per heavy atom. The van der Waals surface area contributed by atoms with E-state index in [4.69, 9.17) is 0 Å². The van der Waals surface area contributed by atoms with Crippen molar-refractivity contribution in [3.05, 3.63) is 0 Å². The van der Waals surface area contributed by atoms with E-state index in [1.807, 2.05) is 6.92 Å². The fourth-order valence-corrected chi connectivity index (χ4v) is 2.98. The van der Waals surface area contributed by atoms with Gasteiger partial charge in [0, 0.05) is 13.1 Å². The number of carboxylic acids is 1. The van der Waals surface area contributed by atoms with Gasteiger partial charge >= 0.3 is 5.97 Å². The predicted molar refractivity (Wildman–Crippen MR) is 78.4 cm³/mol. The fourth-order valence-electron chi connectivity index (χ4n) is 2.98. The van der Waals surface area contributed by atoms with Crippen LogP contribution in [0.4, 0.5) is 0 Å². The molecular formula is C15H30N2O2. The van der Waals surface area contributed by atoms with Gasteiger partial charge in [0.15, 0.2) is 0 Å². The molecule has 0 aromatic rings. The van der Waals surface area contributed by atoms with Gasteiger partial charge in [0.2, 0.25) is 0 Å². The normalized spacial score (nSPS) is 20.4. The van der Waals surface area contributed by atoms with Crippen LogP contribution in [-0.2, 0) is 4.79 Å². The minimum Gasteiger partial charge on any atom is -0.480 e. The SMILES string of the molecule is CCNC(C)(CCN(C)CC1CCCCC1)C(=O)O. The second kappa shape index (κ2) is 7.85. The third kappa shape index (κ3) is 5.49. The topological polar surface area (TPSA) is 52.6 Å². The molecule has 19 heavy (non-hydrogen) atoms. The van der Waals surface area contributed by atoms with Crippen LogP contribution in [0.3, 0.4) is 0 Å². The van der Waals surface area contributed by atoms with E-state index in [0.29, 0.717) is 13.0 Å². The van der Waals surface area contributed by atoms with E-state index >= 15 is 0 Å². The first-order valence-corrected chi connectivity index (χ1v) is 7.65. The Hall–Kier alpha value is -0.610. The molecule has 0 aliphatic heterocycles. The molecule has 0 spiro atoms. The number of carbonyl (C=O) groups is 1. The van der Waals surface area contributed by atoms with Crippen molar-refractivity contribution >= 4 is 5.97 Å². The van der Waals surface area contributed by atoms with Gasteiger partial charge in [-0.2, -0.15) is 0 Å². The van der Waals surface area contributed by atoms with Crippen LogP contribution in [0.5, 0.6) is 0 Å². The van der Waals surface area contributed by atoms with E-state index in [1.165, 1.54) is 32.1 Å². The summed E-state index contributed by atoms with van der Waals surface area (Å²) in [5.74, 6) is 0.0642. The Morgan fingerprint density at radius 1 is 1.37 bits per heavy atom. The lowest BCUT2D eigenvalue weighted by molar-refractivity contribution is -0.144. The van der Waals surface area contributed by atoms with Crippen LogP contribution in [-0.4, -0.2) is 48.2 Å². The highest BCUT2D eigenvalue weighted by Crippen LogP contribution is 2.24. The third-order valence-electron chi connectivity index (χ3n) is 4.33. The van der Waals surface area contributed by atoms with Crippen LogP contribution >= 0.6 is 0 Å². The van der Waals surface area contributed by atoms with Gasteiger partial charge in [-0.1, -0.05) is 26.2 Å². The van der Waals surface area contributed by atoms with Crippen molar-refractivity contribution in [1.82, 2.24) is 10.2 Å². The van der Waals surface area contributed by atoms with Crippen LogP contribution in [0, 0.1) is 5.92 Å². The molecule has 0 aromatic carbocycles. The molecule has 4 nitrogen and oxygen atoms in total. The summed E-state index contributed by atoms with van der Waals surface area (Å²) in [5.41, 5.74) is -0.796. The minimum absolute atomic E-state index is 0.652. The Labute approximate surface area is 117 Å². The summed E-state index contributed by atoms with van der Waals surface area (Å²) in [4.78, 5) is 13.6. The number of nitrogens with zero attached hydrogens (tertiary/aromatic N) is 1. The molecule has 1 atom stereocenters. The zero-order valence-corrected chi connectivity index (χ0v) is 12.7. The molecule has 0 amide bonds. The molecule has 112 valence electrons. The Kier molecular flexibility index (Phi) is 6.80. The number of carboxylic acid groups (broad SMARTS) is 1. The maximum Gasteiger partial charge on any atom is 0.323 e. The lowest BCUT2D eigenvalue weighted by atomic mass is 9.89. The Balaban J connectivity index is 2.34. The molecule has 1 aliphatic rings. The average Bonchev–Trinajstić information content (AvgIpc) is 2.38. The number of hydrogen-bond acceptors (Lipinski definition) is 3. The lowest BCUT2D eigenvalue weighted by Crippen LogP contribution is -2.51. The van der Waals surface area contributed by atoms with Crippen molar-refractivity contribution < 1.29 is 9.90 Å². The largest absolute Gasteiger partial charge is 0.480 e. The molecule has 1 rings (SSSR count).